The monoisotopic (exact) mass is 228 g/mol. The maximum atomic E-state index is 11.7. The number of aliphatic hydroxyl groups is 1. The molecule has 94 valence electrons. The fourth-order valence-corrected chi connectivity index (χ4v) is 2.17. The van der Waals surface area contributed by atoms with Crippen LogP contribution in [-0.2, 0) is 4.79 Å². The number of carbonyl (C=O) groups is 1. The van der Waals surface area contributed by atoms with Gasteiger partial charge in [-0.1, -0.05) is 26.2 Å². The maximum absolute atomic E-state index is 11.7. The SMILES string of the molecule is CC(CO)CNC(=O)CC1(N)CCCCC1. The van der Waals surface area contributed by atoms with Crippen molar-refractivity contribution in [1.82, 2.24) is 5.32 Å². The smallest absolute Gasteiger partial charge is 0.221 e. The summed E-state index contributed by atoms with van der Waals surface area (Å²) in [5.41, 5.74) is 5.90. The molecule has 1 amide bonds. The summed E-state index contributed by atoms with van der Waals surface area (Å²) in [6.07, 6.45) is 5.84. The minimum Gasteiger partial charge on any atom is -0.396 e. The minimum atomic E-state index is -0.287. The Hall–Kier alpha value is -0.610. The molecule has 1 unspecified atom stereocenters. The third-order valence-electron chi connectivity index (χ3n) is 3.32. The van der Waals surface area contributed by atoms with E-state index in [0.717, 1.165) is 25.7 Å². The van der Waals surface area contributed by atoms with Crippen LogP contribution in [0.3, 0.4) is 0 Å². The molecule has 1 atom stereocenters. The average molecular weight is 228 g/mol. The zero-order valence-corrected chi connectivity index (χ0v) is 10.2. The van der Waals surface area contributed by atoms with Gasteiger partial charge in [0.2, 0.25) is 5.91 Å². The molecule has 1 rings (SSSR count). The van der Waals surface area contributed by atoms with Crippen molar-refractivity contribution in [2.75, 3.05) is 13.2 Å². The van der Waals surface area contributed by atoms with Crippen molar-refractivity contribution >= 4 is 5.91 Å². The summed E-state index contributed by atoms with van der Waals surface area (Å²) in [4.78, 5) is 11.7. The molecule has 1 aliphatic carbocycles. The Labute approximate surface area is 97.6 Å². The van der Waals surface area contributed by atoms with Gasteiger partial charge in [0, 0.05) is 25.1 Å². The van der Waals surface area contributed by atoms with E-state index in [1.807, 2.05) is 6.92 Å². The highest BCUT2D eigenvalue weighted by Gasteiger charge is 2.29. The molecule has 0 aromatic rings. The predicted octanol–water partition coefficient (Wildman–Crippen LogP) is 0.783. The highest BCUT2D eigenvalue weighted by atomic mass is 16.3. The van der Waals surface area contributed by atoms with E-state index in [4.69, 9.17) is 10.8 Å². The van der Waals surface area contributed by atoms with Crippen molar-refractivity contribution in [1.29, 1.82) is 0 Å². The Morgan fingerprint density at radius 1 is 1.44 bits per heavy atom. The molecule has 1 saturated carbocycles. The zero-order valence-electron chi connectivity index (χ0n) is 10.2. The highest BCUT2D eigenvalue weighted by Crippen LogP contribution is 2.28. The maximum Gasteiger partial charge on any atom is 0.221 e. The fraction of sp³-hybridized carbons (Fsp3) is 0.917. The molecular weight excluding hydrogens is 204 g/mol. The number of amides is 1. The van der Waals surface area contributed by atoms with Crippen LogP contribution >= 0.6 is 0 Å². The van der Waals surface area contributed by atoms with Crippen LogP contribution in [0.5, 0.6) is 0 Å². The molecule has 4 nitrogen and oxygen atoms in total. The number of rotatable bonds is 5. The fourth-order valence-electron chi connectivity index (χ4n) is 2.17. The minimum absolute atomic E-state index is 0.0182. The molecule has 0 radical (unpaired) electrons. The number of aliphatic hydroxyl groups excluding tert-OH is 1. The Balaban J connectivity index is 2.27. The molecule has 0 aromatic heterocycles. The first-order chi connectivity index (χ1) is 7.56. The number of nitrogens with one attached hydrogen (secondary N) is 1. The van der Waals surface area contributed by atoms with Crippen LogP contribution in [-0.4, -0.2) is 29.7 Å². The van der Waals surface area contributed by atoms with Crippen LogP contribution < -0.4 is 11.1 Å². The molecular formula is C12H24N2O2. The summed E-state index contributed by atoms with van der Waals surface area (Å²) < 4.78 is 0. The van der Waals surface area contributed by atoms with Gasteiger partial charge in [-0.2, -0.15) is 0 Å². The number of hydrogen-bond acceptors (Lipinski definition) is 3. The van der Waals surface area contributed by atoms with Crippen molar-refractivity contribution < 1.29 is 9.90 Å². The largest absolute Gasteiger partial charge is 0.396 e. The first kappa shape index (κ1) is 13.5. The van der Waals surface area contributed by atoms with Crippen molar-refractivity contribution in [3.05, 3.63) is 0 Å². The van der Waals surface area contributed by atoms with Crippen LogP contribution in [0.4, 0.5) is 0 Å². The van der Waals surface area contributed by atoms with Gasteiger partial charge >= 0.3 is 0 Å². The standard InChI is InChI=1S/C12H24N2O2/c1-10(9-15)8-14-11(16)7-12(13)5-3-2-4-6-12/h10,15H,2-9,13H2,1H3,(H,14,16). The lowest BCUT2D eigenvalue weighted by Gasteiger charge is -2.32. The molecule has 0 heterocycles. The third kappa shape index (κ3) is 4.49. The molecule has 16 heavy (non-hydrogen) atoms. The molecule has 0 bridgehead atoms. The van der Waals surface area contributed by atoms with Crippen LogP contribution in [0.2, 0.25) is 0 Å². The van der Waals surface area contributed by atoms with Gasteiger partial charge in [-0.05, 0) is 18.8 Å². The van der Waals surface area contributed by atoms with E-state index < -0.39 is 0 Å². The summed E-state index contributed by atoms with van der Waals surface area (Å²) in [5, 5.41) is 11.7. The number of carbonyl (C=O) groups excluding carboxylic acids is 1. The van der Waals surface area contributed by atoms with Gasteiger partial charge in [-0.15, -0.1) is 0 Å². The lowest BCUT2D eigenvalue weighted by molar-refractivity contribution is -0.122. The summed E-state index contributed by atoms with van der Waals surface area (Å²) in [7, 11) is 0. The third-order valence-corrected chi connectivity index (χ3v) is 3.32. The second-order valence-electron chi connectivity index (χ2n) is 5.19. The van der Waals surface area contributed by atoms with E-state index in [-0.39, 0.29) is 24.0 Å². The molecule has 4 heteroatoms. The van der Waals surface area contributed by atoms with Gasteiger partial charge in [0.15, 0.2) is 0 Å². The van der Waals surface area contributed by atoms with Crippen LogP contribution in [0.1, 0.15) is 45.4 Å². The topological polar surface area (TPSA) is 75.3 Å². The Morgan fingerprint density at radius 2 is 2.06 bits per heavy atom. The van der Waals surface area contributed by atoms with Crippen LogP contribution in [0, 0.1) is 5.92 Å². The molecule has 0 aliphatic heterocycles. The summed E-state index contributed by atoms with van der Waals surface area (Å²) in [5.74, 6) is 0.133. The van der Waals surface area contributed by atoms with Crippen molar-refractivity contribution in [3.8, 4) is 0 Å². The van der Waals surface area contributed by atoms with Crippen LogP contribution in [0.25, 0.3) is 0 Å². The zero-order chi connectivity index (χ0) is 12.0. The first-order valence-corrected chi connectivity index (χ1v) is 6.22. The van der Waals surface area contributed by atoms with E-state index >= 15 is 0 Å². The van der Waals surface area contributed by atoms with Crippen molar-refractivity contribution in [3.63, 3.8) is 0 Å². The summed E-state index contributed by atoms with van der Waals surface area (Å²) >= 11 is 0. The second-order valence-corrected chi connectivity index (χ2v) is 5.19. The quantitative estimate of drug-likeness (QED) is 0.651. The molecule has 1 fully saturated rings. The first-order valence-electron chi connectivity index (χ1n) is 6.22. The van der Waals surface area contributed by atoms with E-state index in [1.165, 1.54) is 6.42 Å². The van der Waals surface area contributed by atoms with Crippen molar-refractivity contribution in [2.45, 2.75) is 51.0 Å². The lowest BCUT2D eigenvalue weighted by atomic mass is 9.80. The van der Waals surface area contributed by atoms with Crippen molar-refractivity contribution in [2.24, 2.45) is 11.7 Å². The lowest BCUT2D eigenvalue weighted by Crippen LogP contribution is -2.46. The predicted molar refractivity (Wildman–Crippen MR) is 63.9 cm³/mol. The van der Waals surface area contributed by atoms with Gasteiger partial charge in [0.05, 0.1) is 0 Å². The molecule has 0 spiro atoms. The van der Waals surface area contributed by atoms with Gasteiger partial charge in [-0.25, -0.2) is 0 Å². The molecule has 0 aromatic carbocycles. The van der Waals surface area contributed by atoms with Gasteiger partial charge in [0.1, 0.15) is 0 Å². The number of nitrogens with two attached hydrogens (primary N) is 1. The average Bonchev–Trinajstić information content (AvgIpc) is 2.26. The van der Waals surface area contributed by atoms with Gasteiger partial charge < -0.3 is 16.2 Å². The Bertz CT molecular complexity index is 225. The van der Waals surface area contributed by atoms with Crippen LogP contribution in [0.15, 0.2) is 0 Å². The van der Waals surface area contributed by atoms with Gasteiger partial charge in [-0.3, -0.25) is 4.79 Å². The van der Waals surface area contributed by atoms with E-state index in [0.29, 0.717) is 13.0 Å². The summed E-state index contributed by atoms with van der Waals surface area (Å²) in [6.45, 7) is 2.54. The normalized spacial score (nSPS) is 21.4. The Morgan fingerprint density at radius 3 is 2.62 bits per heavy atom. The summed E-state index contributed by atoms with van der Waals surface area (Å²) in [6, 6.07) is 0. The molecule has 4 N–H and O–H groups in total. The van der Waals surface area contributed by atoms with E-state index in [9.17, 15) is 4.79 Å². The highest BCUT2D eigenvalue weighted by molar-refractivity contribution is 5.77. The van der Waals surface area contributed by atoms with Gasteiger partial charge in [0.25, 0.3) is 0 Å². The van der Waals surface area contributed by atoms with E-state index in [2.05, 4.69) is 5.32 Å². The van der Waals surface area contributed by atoms with E-state index in [1.54, 1.807) is 0 Å². The number of hydrogen-bond donors (Lipinski definition) is 3. The second kappa shape index (κ2) is 6.21. The Kier molecular flexibility index (Phi) is 5.22. The molecule has 1 aliphatic rings. The molecule has 0 saturated heterocycles.